The number of carbonyl (C=O) groups excluding carboxylic acids is 2. The number of thiophene rings is 1. The summed E-state index contributed by atoms with van der Waals surface area (Å²) in [6, 6.07) is 12.8. The van der Waals surface area contributed by atoms with Gasteiger partial charge in [-0.15, -0.1) is 11.3 Å². The van der Waals surface area contributed by atoms with Gasteiger partial charge in [-0.2, -0.15) is 0 Å². The average molecular weight is 367 g/mol. The third kappa shape index (κ3) is 4.68. The van der Waals surface area contributed by atoms with Crippen LogP contribution in [0.25, 0.3) is 0 Å². The molecular formula is C15H15BrN2O2S. The number of hydrogen-bond donors (Lipinski definition) is 1. The number of halogens is 1. The molecule has 0 aliphatic rings. The van der Waals surface area contributed by atoms with Gasteiger partial charge in [-0.05, 0) is 40.2 Å². The van der Waals surface area contributed by atoms with Crippen LogP contribution in [0, 0.1) is 0 Å². The molecule has 0 radical (unpaired) electrons. The lowest BCUT2D eigenvalue weighted by molar-refractivity contribution is -0.129. The number of hydrogen-bond acceptors (Lipinski definition) is 3. The van der Waals surface area contributed by atoms with Crippen molar-refractivity contribution in [2.75, 3.05) is 13.6 Å². The molecule has 1 heterocycles. The normalized spacial score (nSPS) is 10.2. The molecule has 1 aromatic carbocycles. The molecule has 4 nitrogen and oxygen atoms in total. The standard InChI is InChI=1S/C15H15BrN2O2S/c1-18(10-12-7-8-13(16)21-12)14(19)9-17-15(20)11-5-3-2-4-6-11/h2-8H,9-10H2,1H3,(H,17,20). The highest BCUT2D eigenvalue weighted by molar-refractivity contribution is 9.11. The molecule has 6 heteroatoms. The lowest BCUT2D eigenvalue weighted by Gasteiger charge is -2.16. The van der Waals surface area contributed by atoms with E-state index < -0.39 is 0 Å². The Kier molecular flexibility index (Phi) is 5.52. The van der Waals surface area contributed by atoms with E-state index in [1.54, 1.807) is 47.5 Å². The van der Waals surface area contributed by atoms with E-state index in [4.69, 9.17) is 0 Å². The van der Waals surface area contributed by atoms with E-state index in [1.165, 1.54) is 0 Å². The molecule has 0 aliphatic carbocycles. The van der Waals surface area contributed by atoms with Gasteiger partial charge in [-0.3, -0.25) is 9.59 Å². The minimum atomic E-state index is -0.240. The smallest absolute Gasteiger partial charge is 0.251 e. The van der Waals surface area contributed by atoms with Gasteiger partial charge in [-0.25, -0.2) is 0 Å². The molecule has 1 aromatic heterocycles. The molecule has 0 saturated carbocycles. The van der Waals surface area contributed by atoms with Gasteiger partial charge >= 0.3 is 0 Å². The average Bonchev–Trinajstić information content (AvgIpc) is 2.90. The molecule has 0 atom stereocenters. The van der Waals surface area contributed by atoms with Crippen LogP contribution in [0.15, 0.2) is 46.3 Å². The lowest BCUT2D eigenvalue weighted by atomic mass is 10.2. The van der Waals surface area contributed by atoms with Gasteiger partial charge in [0.15, 0.2) is 0 Å². The van der Waals surface area contributed by atoms with Crippen molar-refractivity contribution in [2.24, 2.45) is 0 Å². The van der Waals surface area contributed by atoms with E-state index in [0.717, 1.165) is 8.66 Å². The Hall–Kier alpha value is -1.66. The molecule has 0 unspecified atom stereocenters. The Labute approximate surface area is 135 Å². The zero-order chi connectivity index (χ0) is 15.2. The SMILES string of the molecule is CN(Cc1ccc(Br)s1)C(=O)CNC(=O)c1ccccc1. The molecule has 0 saturated heterocycles. The summed E-state index contributed by atoms with van der Waals surface area (Å²) in [4.78, 5) is 26.5. The summed E-state index contributed by atoms with van der Waals surface area (Å²) in [7, 11) is 1.73. The predicted octanol–water partition coefficient (Wildman–Crippen LogP) is 2.90. The van der Waals surface area contributed by atoms with E-state index in [-0.39, 0.29) is 18.4 Å². The van der Waals surface area contributed by atoms with Crippen LogP contribution in [0.4, 0.5) is 0 Å². The maximum Gasteiger partial charge on any atom is 0.251 e. The van der Waals surface area contributed by atoms with Crippen LogP contribution >= 0.6 is 27.3 Å². The molecule has 2 aromatic rings. The van der Waals surface area contributed by atoms with Crippen LogP contribution in [0.5, 0.6) is 0 Å². The highest BCUT2D eigenvalue weighted by Gasteiger charge is 2.12. The Morgan fingerprint density at radius 1 is 1.19 bits per heavy atom. The van der Waals surface area contributed by atoms with Gasteiger partial charge < -0.3 is 10.2 Å². The van der Waals surface area contributed by atoms with Crippen molar-refractivity contribution >= 4 is 39.1 Å². The minimum absolute atomic E-state index is 0.00320. The van der Waals surface area contributed by atoms with E-state index in [1.807, 2.05) is 18.2 Å². The molecule has 1 N–H and O–H groups in total. The zero-order valence-electron chi connectivity index (χ0n) is 11.5. The number of carbonyl (C=O) groups is 2. The predicted molar refractivity (Wildman–Crippen MR) is 87.3 cm³/mol. The van der Waals surface area contributed by atoms with Crippen molar-refractivity contribution in [3.8, 4) is 0 Å². The highest BCUT2D eigenvalue weighted by atomic mass is 79.9. The van der Waals surface area contributed by atoms with Crippen molar-refractivity contribution in [1.82, 2.24) is 10.2 Å². The van der Waals surface area contributed by atoms with Gasteiger partial charge in [0.05, 0.1) is 16.9 Å². The monoisotopic (exact) mass is 366 g/mol. The Bertz CT molecular complexity index is 628. The van der Waals surface area contributed by atoms with Crippen LogP contribution in [-0.4, -0.2) is 30.3 Å². The minimum Gasteiger partial charge on any atom is -0.343 e. The fourth-order valence-corrected chi connectivity index (χ4v) is 3.28. The number of rotatable bonds is 5. The summed E-state index contributed by atoms with van der Waals surface area (Å²) in [5, 5.41) is 2.63. The highest BCUT2D eigenvalue weighted by Crippen LogP contribution is 2.22. The first-order valence-corrected chi connectivity index (χ1v) is 7.98. The zero-order valence-corrected chi connectivity index (χ0v) is 13.9. The topological polar surface area (TPSA) is 49.4 Å². The van der Waals surface area contributed by atoms with Crippen LogP contribution < -0.4 is 5.32 Å². The van der Waals surface area contributed by atoms with E-state index in [9.17, 15) is 9.59 Å². The number of likely N-dealkylation sites (N-methyl/N-ethyl adjacent to an activating group) is 1. The molecule has 2 rings (SSSR count). The molecule has 0 spiro atoms. The Balaban J connectivity index is 1.82. The van der Waals surface area contributed by atoms with Crippen molar-refractivity contribution in [1.29, 1.82) is 0 Å². The van der Waals surface area contributed by atoms with Crippen LogP contribution in [0.3, 0.4) is 0 Å². The Morgan fingerprint density at radius 3 is 2.52 bits per heavy atom. The number of benzene rings is 1. The third-order valence-corrected chi connectivity index (χ3v) is 4.49. The quantitative estimate of drug-likeness (QED) is 0.884. The number of nitrogens with zero attached hydrogens (tertiary/aromatic N) is 1. The second kappa shape index (κ2) is 7.38. The molecule has 0 fully saturated rings. The second-order valence-electron chi connectivity index (χ2n) is 4.50. The van der Waals surface area contributed by atoms with Crippen molar-refractivity contribution in [3.05, 3.63) is 56.7 Å². The summed E-state index contributed by atoms with van der Waals surface area (Å²) in [5.41, 5.74) is 0.551. The van der Waals surface area contributed by atoms with Crippen LogP contribution in [-0.2, 0) is 11.3 Å². The van der Waals surface area contributed by atoms with E-state index in [2.05, 4.69) is 21.2 Å². The maximum atomic E-state index is 12.0. The van der Waals surface area contributed by atoms with E-state index >= 15 is 0 Å². The molecular weight excluding hydrogens is 352 g/mol. The first-order valence-electron chi connectivity index (χ1n) is 6.37. The van der Waals surface area contributed by atoms with Crippen LogP contribution in [0.1, 0.15) is 15.2 Å². The van der Waals surface area contributed by atoms with Crippen molar-refractivity contribution in [2.45, 2.75) is 6.54 Å². The van der Waals surface area contributed by atoms with Gasteiger partial charge in [0, 0.05) is 17.5 Å². The van der Waals surface area contributed by atoms with Crippen LogP contribution in [0.2, 0.25) is 0 Å². The number of nitrogens with one attached hydrogen (secondary N) is 1. The molecule has 0 aliphatic heterocycles. The summed E-state index contributed by atoms with van der Waals surface area (Å²) in [5.74, 6) is -0.361. The molecule has 0 bridgehead atoms. The largest absolute Gasteiger partial charge is 0.343 e. The summed E-state index contributed by atoms with van der Waals surface area (Å²) in [6.07, 6.45) is 0. The van der Waals surface area contributed by atoms with Gasteiger partial charge in [-0.1, -0.05) is 18.2 Å². The lowest BCUT2D eigenvalue weighted by Crippen LogP contribution is -2.37. The Morgan fingerprint density at radius 2 is 1.90 bits per heavy atom. The molecule has 2 amide bonds. The van der Waals surface area contributed by atoms with Gasteiger partial charge in [0.1, 0.15) is 0 Å². The van der Waals surface area contributed by atoms with Gasteiger partial charge in [0.2, 0.25) is 5.91 Å². The summed E-state index contributed by atoms with van der Waals surface area (Å²) < 4.78 is 1.04. The fraction of sp³-hybridized carbons (Fsp3) is 0.200. The van der Waals surface area contributed by atoms with Gasteiger partial charge in [0.25, 0.3) is 5.91 Å². The summed E-state index contributed by atoms with van der Waals surface area (Å²) in [6.45, 7) is 0.535. The maximum absolute atomic E-state index is 12.0. The molecule has 110 valence electrons. The summed E-state index contributed by atoms with van der Waals surface area (Å²) >= 11 is 4.98. The first-order chi connectivity index (χ1) is 10.1. The first kappa shape index (κ1) is 15.7. The van der Waals surface area contributed by atoms with E-state index in [0.29, 0.717) is 12.1 Å². The fourth-order valence-electron chi connectivity index (χ4n) is 1.74. The second-order valence-corrected chi connectivity index (χ2v) is 7.05. The van der Waals surface area contributed by atoms with Crippen molar-refractivity contribution < 1.29 is 9.59 Å². The third-order valence-electron chi connectivity index (χ3n) is 2.88. The molecule has 21 heavy (non-hydrogen) atoms. The number of amides is 2. The van der Waals surface area contributed by atoms with Crippen molar-refractivity contribution in [3.63, 3.8) is 0 Å².